The maximum atomic E-state index is 12.3. The van der Waals surface area contributed by atoms with Crippen molar-refractivity contribution in [3.8, 4) is 11.3 Å². The van der Waals surface area contributed by atoms with E-state index in [1.807, 2.05) is 28.8 Å². The number of fused-ring (bicyclic) bond motifs is 1. The third-order valence-corrected chi connectivity index (χ3v) is 5.52. The molecule has 1 aliphatic carbocycles. The minimum absolute atomic E-state index is 0.137. The van der Waals surface area contributed by atoms with E-state index in [1.165, 1.54) is 0 Å². The fraction of sp³-hybridized carbons (Fsp3) is 0.333. The topological polar surface area (TPSA) is 90.7 Å². The highest BCUT2D eigenvalue weighted by atomic mass is 19.4. The number of pyridine rings is 1. The van der Waals surface area contributed by atoms with Crippen LogP contribution in [0.15, 0.2) is 48.8 Å². The minimum atomic E-state index is -4.47. The molecule has 1 aromatic carbocycles. The number of amides is 2. The second-order valence-corrected chi connectivity index (χ2v) is 7.63. The molecule has 0 bridgehead atoms. The lowest BCUT2D eigenvalue weighted by molar-refractivity contribution is -0.122. The Labute approximate surface area is 176 Å². The molecular weight excluding hydrogens is 411 g/mol. The van der Waals surface area contributed by atoms with Crippen molar-refractivity contribution in [3.05, 3.63) is 54.4 Å². The molecule has 2 aromatic heterocycles. The summed E-state index contributed by atoms with van der Waals surface area (Å²) in [5, 5.41) is 13.8. The van der Waals surface area contributed by atoms with Gasteiger partial charge in [-0.3, -0.25) is 4.40 Å². The van der Waals surface area contributed by atoms with Crippen molar-refractivity contribution in [2.24, 2.45) is 5.92 Å². The Morgan fingerprint density at radius 3 is 2.74 bits per heavy atom. The van der Waals surface area contributed by atoms with Gasteiger partial charge in [-0.1, -0.05) is 18.6 Å². The zero-order valence-electron chi connectivity index (χ0n) is 16.5. The van der Waals surface area contributed by atoms with Crippen LogP contribution in [0.1, 0.15) is 30.9 Å². The van der Waals surface area contributed by atoms with E-state index in [2.05, 4.69) is 15.8 Å². The molecule has 4 rings (SSSR count). The molecule has 10 heteroatoms. The van der Waals surface area contributed by atoms with Gasteiger partial charge in [0.05, 0.1) is 17.9 Å². The van der Waals surface area contributed by atoms with E-state index in [1.54, 1.807) is 29.7 Å². The van der Waals surface area contributed by atoms with Crippen molar-refractivity contribution < 1.29 is 23.2 Å². The second-order valence-electron chi connectivity index (χ2n) is 7.63. The molecule has 0 aliphatic heterocycles. The Morgan fingerprint density at radius 2 is 2.06 bits per heavy atom. The van der Waals surface area contributed by atoms with Crippen LogP contribution in [0.5, 0.6) is 0 Å². The summed E-state index contributed by atoms with van der Waals surface area (Å²) in [6.07, 6.45) is 2.38. The molecule has 7 nitrogen and oxygen atoms in total. The van der Waals surface area contributed by atoms with Crippen LogP contribution >= 0.6 is 0 Å². The first-order valence-corrected chi connectivity index (χ1v) is 9.93. The van der Waals surface area contributed by atoms with Crippen LogP contribution < -0.4 is 16.1 Å². The van der Waals surface area contributed by atoms with E-state index < -0.39 is 18.8 Å². The Morgan fingerprint density at radius 1 is 1.26 bits per heavy atom. The van der Waals surface area contributed by atoms with Gasteiger partial charge in [-0.05, 0) is 48.6 Å². The van der Waals surface area contributed by atoms with Gasteiger partial charge in [0.2, 0.25) is 0 Å². The summed E-state index contributed by atoms with van der Waals surface area (Å²) in [4.78, 5) is 16.2. The van der Waals surface area contributed by atoms with Crippen molar-refractivity contribution in [3.63, 3.8) is 0 Å². The van der Waals surface area contributed by atoms with Crippen LogP contribution in [-0.2, 0) is 0 Å². The Kier molecular flexibility index (Phi) is 5.84. The van der Waals surface area contributed by atoms with E-state index >= 15 is 0 Å². The standard InChI is InChI=1S/C21H22F3N5O2/c22-21(23,24)12-26-20(30)27-16-6-2-5-14(9-16)17-11-25-18-10-15(7-8-29(17)18)19(28-31)13-3-1-4-13/h2,5-11,13,19,28,31H,1,3-4,12H2,(H2,26,27,30). The Balaban J connectivity index is 1.53. The number of imidazole rings is 1. The Hall–Kier alpha value is -3.11. The highest BCUT2D eigenvalue weighted by molar-refractivity contribution is 5.90. The second kappa shape index (κ2) is 8.56. The van der Waals surface area contributed by atoms with E-state index in [4.69, 9.17) is 0 Å². The first kappa shape index (κ1) is 21.1. The fourth-order valence-corrected chi connectivity index (χ4v) is 3.74. The Bertz CT molecular complexity index is 1080. The zero-order valence-corrected chi connectivity index (χ0v) is 16.5. The van der Waals surface area contributed by atoms with Gasteiger partial charge < -0.3 is 15.8 Å². The van der Waals surface area contributed by atoms with E-state index in [0.29, 0.717) is 17.3 Å². The summed E-state index contributed by atoms with van der Waals surface area (Å²) in [5.41, 5.74) is 5.93. The number of aromatic nitrogens is 2. The average molecular weight is 433 g/mol. The summed E-state index contributed by atoms with van der Waals surface area (Å²) < 4.78 is 38.6. The molecule has 4 N–H and O–H groups in total. The molecule has 1 unspecified atom stereocenters. The number of hydrogen-bond acceptors (Lipinski definition) is 4. The van der Waals surface area contributed by atoms with Crippen molar-refractivity contribution in [1.29, 1.82) is 0 Å². The van der Waals surface area contributed by atoms with E-state index in [0.717, 1.165) is 36.1 Å². The van der Waals surface area contributed by atoms with Crippen LogP contribution in [0, 0.1) is 5.92 Å². The molecule has 3 aromatic rings. The van der Waals surface area contributed by atoms with Gasteiger partial charge in [-0.15, -0.1) is 0 Å². The third kappa shape index (κ3) is 4.80. The lowest BCUT2D eigenvalue weighted by Crippen LogP contribution is -2.36. The summed E-state index contributed by atoms with van der Waals surface area (Å²) in [6.45, 7) is -1.40. The normalized spacial score (nSPS) is 15.5. The van der Waals surface area contributed by atoms with Crippen LogP contribution in [0.25, 0.3) is 16.9 Å². The molecule has 2 heterocycles. The first-order valence-electron chi connectivity index (χ1n) is 9.93. The highest BCUT2D eigenvalue weighted by Crippen LogP contribution is 2.38. The number of carbonyl (C=O) groups is 1. The molecule has 1 aliphatic rings. The summed E-state index contributed by atoms with van der Waals surface area (Å²) in [6, 6.07) is 9.55. The van der Waals surface area contributed by atoms with Gasteiger partial charge in [0.15, 0.2) is 0 Å². The summed E-state index contributed by atoms with van der Waals surface area (Å²) >= 11 is 0. The largest absolute Gasteiger partial charge is 0.405 e. The molecule has 1 atom stereocenters. The summed E-state index contributed by atoms with van der Waals surface area (Å²) in [5.74, 6) is 0.396. The first-order chi connectivity index (χ1) is 14.8. The number of alkyl halides is 3. The summed E-state index contributed by atoms with van der Waals surface area (Å²) in [7, 11) is 0. The van der Waals surface area contributed by atoms with Gasteiger partial charge in [0, 0.05) is 17.4 Å². The molecule has 1 fully saturated rings. The number of urea groups is 1. The number of hydrogen-bond donors (Lipinski definition) is 4. The average Bonchev–Trinajstić information content (AvgIpc) is 3.12. The smallest absolute Gasteiger partial charge is 0.329 e. The van der Waals surface area contributed by atoms with Gasteiger partial charge >= 0.3 is 12.2 Å². The maximum absolute atomic E-state index is 12.3. The van der Waals surface area contributed by atoms with Crippen LogP contribution in [-0.4, -0.2) is 33.3 Å². The van der Waals surface area contributed by atoms with Crippen LogP contribution in [0.4, 0.5) is 23.7 Å². The van der Waals surface area contributed by atoms with Gasteiger partial charge in [0.25, 0.3) is 0 Å². The quantitative estimate of drug-likeness (QED) is 0.431. The van der Waals surface area contributed by atoms with Gasteiger partial charge in [-0.2, -0.15) is 18.7 Å². The maximum Gasteiger partial charge on any atom is 0.405 e. The van der Waals surface area contributed by atoms with E-state index in [-0.39, 0.29) is 6.04 Å². The van der Waals surface area contributed by atoms with Gasteiger partial charge in [-0.25, -0.2) is 9.78 Å². The molecule has 164 valence electrons. The molecule has 1 saturated carbocycles. The zero-order chi connectivity index (χ0) is 22.0. The highest BCUT2D eigenvalue weighted by Gasteiger charge is 2.29. The van der Waals surface area contributed by atoms with Crippen molar-refractivity contribution >= 4 is 17.4 Å². The number of carbonyl (C=O) groups excluding carboxylic acids is 1. The van der Waals surface area contributed by atoms with Crippen molar-refractivity contribution in [1.82, 2.24) is 20.2 Å². The number of nitrogens with one attached hydrogen (secondary N) is 3. The predicted octanol–water partition coefficient (Wildman–Crippen LogP) is 4.51. The van der Waals surface area contributed by atoms with Gasteiger partial charge in [0.1, 0.15) is 12.2 Å². The molecule has 31 heavy (non-hydrogen) atoms. The number of nitrogens with zero attached hydrogens (tertiary/aromatic N) is 2. The molecule has 0 saturated heterocycles. The van der Waals surface area contributed by atoms with Crippen LogP contribution in [0.2, 0.25) is 0 Å². The number of hydroxylamine groups is 1. The SMILES string of the molecule is O=C(NCC(F)(F)F)Nc1cccc(-c2cnc3cc(C(NO)C4CCC4)ccn23)c1. The molecular formula is C21H22F3N5O2. The lowest BCUT2D eigenvalue weighted by Gasteiger charge is -2.33. The van der Waals surface area contributed by atoms with Crippen molar-refractivity contribution in [2.75, 3.05) is 11.9 Å². The number of benzene rings is 1. The predicted molar refractivity (Wildman–Crippen MR) is 109 cm³/mol. The molecule has 0 spiro atoms. The number of anilines is 1. The number of rotatable bonds is 6. The lowest BCUT2D eigenvalue weighted by atomic mass is 9.77. The number of halogens is 3. The monoisotopic (exact) mass is 433 g/mol. The molecule has 2 amide bonds. The van der Waals surface area contributed by atoms with Crippen LogP contribution in [0.3, 0.4) is 0 Å². The van der Waals surface area contributed by atoms with Crippen molar-refractivity contribution in [2.45, 2.75) is 31.5 Å². The van der Waals surface area contributed by atoms with E-state index in [9.17, 15) is 23.2 Å². The third-order valence-electron chi connectivity index (χ3n) is 5.52. The fourth-order valence-electron chi connectivity index (χ4n) is 3.74. The molecule has 0 radical (unpaired) electrons. The minimum Gasteiger partial charge on any atom is -0.329 e.